The Bertz CT molecular complexity index is 831. The number of hydrogen-bond donors (Lipinski definition) is 0. The number of Topliss-reactive ketones (excluding diaryl/α,β-unsaturated/α-hetero) is 1. The fraction of sp³-hybridized carbons (Fsp3) is 0.381. The quantitative estimate of drug-likeness (QED) is 0.587. The first-order valence-electron chi connectivity index (χ1n) is 9.10. The number of ketones is 1. The predicted molar refractivity (Wildman–Crippen MR) is 109 cm³/mol. The van der Waals surface area contributed by atoms with Gasteiger partial charge < -0.3 is 4.90 Å². The Morgan fingerprint density at radius 3 is 2.07 bits per heavy atom. The Kier molecular flexibility index (Phi) is 7.71. The van der Waals surface area contributed by atoms with E-state index in [1.807, 2.05) is 37.2 Å². The first kappa shape index (κ1) is 21.3. The van der Waals surface area contributed by atoms with Gasteiger partial charge in [-0.1, -0.05) is 42.5 Å². The van der Waals surface area contributed by atoms with E-state index in [-0.39, 0.29) is 10.7 Å². The Labute approximate surface area is 162 Å². The van der Waals surface area contributed by atoms with Gasteiger partial charge in [0.15, 0.2) is 5.78 Å². The Morgan fingerprint density at radius 2 is 1.52 bits per heavy atom. The number of benzene rings is 2. The van der Waals surface area contributed by atoms with Crippen LogP contribution in [0.1, 0.15) is 29.3 Å². The second kappa shape index (κ2) is 9.78. The molecular formula is C21H28N2O3S. The fourth-order valence-electron chi connectivity index (χ4n) is 2.78. The van der Waals surface area contributed by atoms with E-state index in [0.29, 0.717) is 25.2 Å². The highest BCUT2D eigenvalue weighted by molar-refractivity contribution is 7.89. The number of carbonyl (C=O) groups is 1. The van der Waals surface area contributed by atoms with Gasteiger partial charge in [0.05, 0.1) is 4.90 Å². The summed E-state index contributed by atoms with van der Waals surface area (Å²) in [7, 11) is 0.256. The third kappa shape index (κ3) is 6.27. The molecule has 146 valence electrons. The number of likely N-dealkylation sites (N-methyl/N-ethyl adjacent to an activating group) is 1. The average Bonchev–Trinajstić information content (AvgIpc) is 2.65. The molecule has 2 aromatic carbocycles. The molecule has 0 saturated carbocycles. The summed E-state index contributed by atoms with van der Waals surface area (Å²) in [6.45, 7) is 3.00. The van der Waals surface area contributed by atoms with Crippen LogP contribution in [-0.4, -0.2) is 57.1 Å². The van der Waals surface area contributed by atoms with Crippen LogP contribution in [0.25, 0.3) is 0 Å². The standard InChI is InChI=1S/C21H28N2O3S/c1-18(24)20-11-13-21(14-12-20)27(25,26)23(17-16-22(2)3)15-7-10-19-8-5-4-6-9-19/h4-6,8-9,11-14H,7,10,15-17H2,1-3H3. The molecule has 0 radical (unpaired) electrons. The van der Waals surface area contributed by atoms with Crippen LogP contribution in [0.4, 0.5) is 0 Å². The molecule has 0 atom stereocenters. The van der Waals surface area contributed by atoms with Gasteiger partial charge in [0.2, 0.25) is 10.0 Å². The lowest BCUT2D eigenvalue weighted by atomic mass is 10.1. The summed E-state index contributed by atoms with van der Waals surface area (Å²) < 4.78 is 27.7. The van der Waals surface area contributed by atoms with Crippen LogP contribution in [0.5, 0.6) is 0 Å². The van der Waals surface area contributed by atoms with Gasteiger partial charge in [-0.25, -0.2) is 8.42 Å². The summed E-state index contributed by atoms with van der Waals surface area (Å²) in [6.07, 6.45) is 1.58. The molecule has 2 rings (SSSR count). The first-order chi connectivity index (χ1) is 12.8. The number of rotatable bonds is 10. The van der Waals surface area contributed by atoms with Gasteiger partial charge in [-0.3, -0.25) is 4.79 Å². The van der Waals surface area contributed by atoms with Gasteiger partial charge in [-0.05, 0) is 51.6 Å². The molecule has 6 heteroatoms. The number of carbonyl (C=O) groups excluding carboxylic acids is 1. The summed E-state index contributed by atoms with van der Waals surface area (Å²) in [6, 6.07) is 16.3. The predicted octanol–water partition coefficient (Wildman–Crippen LogP) is 3.07. The van der Waals surface area contributed by atoms with Crippen LogP contribution in [0.15, 0.2) is 59.5 Å². The summed E-state index contributed by atoms with van der Waals surface area (Å²) in [5.74, 6) is -0.0775. The van der Waals surface area contributed by atoms with E-state index in [2.05, 4.69) is 12.1 Å². The van der Waals surface area contributed by atoms with Crippen LogP contribution in [0.2, 0.25) is 0 Å². The topological polar surface area (TPSA) is 57.7 Å². The summed E-state index contributed by atoms with van der Waals surface area (Å²) in [4.78, 5) is 13.6. The van der Waals surface area contributed by atoms with Crippen molar-refractivity contribution >= 4 is 15.8 Å². The molecule has 2 aromatic rings. The van der Waals surface area contributed by atoms with Crippen LogP contribution >= 0.6 is 0 Å². The third-order valence-electron chi connectivity index (χ3n) is 4.41. The van der Waals surface area contributed by atoms with Crippen molar-refractivity contribution in [2.75, 3.05) is 33.7 Å². The van der Waals surface area contributed by atoms with Crippen molar-refractivity contribution in [3.8, 4) is 0 Å². The molecule has 0 fully saturated rings. The van der Waals surface area contributed by atoms with Gasteiger partial charge >= 0.3 is 0 Å². The lowest BCUT2D eigenvalue weighted by Gasteiger charge is -2.24. The smallest absolute Gasteiger partial charge is 0.243 e. The summed E-state index contributed by atoms with van der Waals surface area (Å²) in [5, 5.41) is 0. The van der Waals surface area contributed by atoms with Crippen molar-refractivity contribution in [1.29, 1.82) is 0 Å². The number of hydrogen-bond acceptors (Lipinski definition) is 4. The monoisotopic (exact) mass is 388 g/mol. The molecule has 0 bridgehead atoms. The highest BCUT2D eigenvalue weighted by Crippen LogP contribution is 2.18. The van der Waals surface area contributed by atoms with Crippen LogP contribution in [0, 0.1) is 0 Å². The minimum atomic E-state index is -3.60. The number of nitrogens with zero attached hydrogens (tertiary/aromatic N) is 2. The maximum atomic E-state index is 13.1. The molecule has 0 aliphatic heterocycles. The van der Waals surface area contributed by atoms with Gasteiger partial charge in [0, 0.05) is 25.2 Å². The minimum absolute atomic E-state index is 0.0775. The van der Waals surface area contributed by atoms with Gasteiger partial charge in [-0.2, -0.15) is 4.31 Å². The van der Waals surface area contributed by atoms with E-state index >= 15 is 0 Å². The molecule has 0 spiro atoms. The van der Waals surface area contributed by atoms with Crippen molar-refractivity contribution < 1.29 is 13.2 Å². The number of sulfonamides is 1. The molecule has 0 aliphatic carbocycles. The van der Waals surface area contributed by atoms with Crippen molar-refractivity contribution in [2.45, 2.75) is 24.7 Å². The normalized spacial score (nSPS) is 11.9. The fourth-order valence-corrected chi connectivity index (χ4v) is 4.25. The summed E-state index contributed by atoms with van der Waals surface area (Å²) >= 11 is 0. The molecule has 0 unspecified atom stereocenters. The van der Waals surface area contributed by atoms with E-state index in [0.717, 1.165) is 12.8 Å². The van der Waals surface area contributed by atoms with Gasteiger partial charge in [0.1, 0.15) is 0 Å². The highest BCUT2D eigenvalue weighted by Gasteiger charge is 2.24. The maximum absolute atomic E-state index is 13.1. The zero-order valence-electron chi connectivity index (χ0n) is 16.3. The zero-order chi connectivity index (χ0) is 19.9. The average molecular weight is 389 g/mol. The van der Waals surface area contributed by atoms with Crippen molar-refractivity contribution in [3.63, 3.8) is 0 Å². The van der Waals surface area contributed by atoms with Crippen LogP contribution in [0.3, 0.4) is 0 Å². The molecule has 0 saturated heterocycles. The van der Waals surface area contributed by atoms with Crippen LogP contribution < -0.4 is 0 Å². The lowest BCUT2D eigenvalue weighted by molar-refractivity contribution is 0.101. The molecule has 0 aromatic heterocycles. The first-order valence-corrected chi connectivity index (χ1v) is 10.5. The number of aryl methyl sites for hydroxylation is 1. The van der Waals surface area contributed by atoms with E-state index in [9.17, 15) is 13.2 Å². The second-order valence-corrected chi connectivity index (χ2v) is 8.82. The van der Waals surface area contributed by atoms with E-state index in [4.69, 9.17) is 0 Å². The zero-order valence-corrected chi connectivity index (χ0v) is 17.1. The van der Waals surface area contributed by atoms with E-state index in [1.165, 1.54) is 24.6 Å². The molecular weight excluding hydrogens is 360 g/mol. The third-order valence-corrected chi connectivity index (χ3v) is 6.32. The molecule has 5 nitrogen and oxygen atoms in total. The Balaban J connectivity index is 2.13. The molecule has 27 heavy (non-hydrogen) atoms. The molecule has 0 amide bonds. The lowest BCUT2D eigenvalue weighted by Crippen LogP contribution is -2.37. The van der Waals surface area contributed by atoms with E-state index in [1.54, 1.807) is 16.4 Å². The summed E-state index contributed by atoms with van der Waals surface area (Å²) in [5.41, 5.74) is 1.71. The van der Waals surface area contributed by atoms with Gasteiger partial charge in [0.25, 0.3) is 0 Å². The SMILES string of the molecule is CC(=O)c1ccc(S(=O)(=O)N(CCCc2ccccc2)CCN(C)C)cc1. The molecule has 0 heterocycles. The second-order valence-electron chi connectivity index (χ2n) is 6.88. The Morgan fingerprint density at radius 1 is 0.889 bits per heavy atom. The van der Waals surface area contributed by atoms with Crippen LogP contribution in [-0.2, 0) is 16.4 Å². The Hall–Kier alpha value is -2.02. The largest absolute Gasteiger partial charge is 0.308 e. The maximum Gasteiger partial charge on any atom is 0.243 e. The van der Waals surface area contributed by atoms with Crippen molar-refractivity contribution in [2.24, 2.45) is 0 Å². The van der Waals surface area contributed by atoms with Gasteiger partial charge in [-0.15, -0.1) is 0 Å². The van der Waals surface area contributed by atoms with Crippen molar-refractivity contribution in [3.05, 3.63) is 65.7 Å². The minimum Gasteiger partial charge on any atom is -0.308 e. The molecule has 0 N–H and O–H groups in total. The highest BCUT2D eigenvalue weighted by atomic mass is 32.2. The van der Waals surface area contributed by atoms with Crippen molar-refractivity contribution in [1.82, 2.24) is 9.21 Å². The molecule has 0 aliphatic rings. The van der Waals surface area contributed by atoms with E-state index < -0.39 is 10.0 Å².